The molecule has 0 spiro atoms. The second-order valence-corrected chi connectivity index (χ2v) is 7.93. The van der Waals surface area contributed by atoms with Gasteiger partial charge in [0.05, 0.1) is 6.54 Å². The van der Waals surface area contributed by atoms with Gasteiger partial charge in [0.25, 0.3) is 5.56 Å². The number of rotatable bonds is 8. The number of aliphatic imine (C=N–C) groups is 1. The number of nitrogens with zero attached hydrogens (tertiary/aromatic N) is 3. The fourth-order valence-corrected chi connectivity index (χ4v) is 4.09. The molecule has 0 saturated carbocycles. The van der Waals surface area contributed by atoms with Crippen LogP contribution in [-0.4, -0.2) is 48.2 Å². The van der Waals surface area contributed by atoms with Gasteiger partial charge in [0, 0.05) is 45.0 Å². The summed E-state index contributed by atoms with van der Waals surface area (Å²) in [6.45, 7) is 6.78. The van der Waals surface area contributed by atoms with Gasteiger partial charge in [-0.1, -0.05) is 43.7 Å². The number of benzene rings is 1. The Morgan fingerprint density at radius 1 is 1.10 bits per heavy atom. The number of hydrogen-bond acceptors (Lipinski definition) is 3. The Hall–Kier alpha value is -1.87. The Bertz CT molecular complexity index is 865. The third-order valence-electron chi connectivity index (χ3n) is 5.87. The first-order valence-electron chi connectivity index (χ1n) is 11.1. The molecule has 1 unspecified atom stereocenters. The minimum Gasteiger partial charge on any atom is -0.355 e. The summed E-state index contributed by atoms with van der Waals surface area (Å²) in [5, 5.41) is 6.83. The summed E-state index contributed by atoms with van der Waals surface area (Å²) in [7, 11) is 1.81. The number of nitrogens with one attached hydrogen (secondary N) is 2. The molecule has 1 saturated heterocycles. The molecule has 2 heterocycles. The highest BCUT2D eigenvalue weighted by Crippen LogP contribution is 2.18. The maximum atomic E-state index is 11.9. The summed E-state index contributed by atoms with van der Waals surface area (Å²) in [5.41, 5.74) is 2.32. The highest BCUT2D eigenvalue weighted by molar-refractivity contribution is 14.0. The Labute approximate surface area is 203 Å². The van der Waals surface area contributed by atoms with E-state index in [1.807, 2.05) is 19.3 Å². The number of likely N-dealkylation sites (tertiary alicyclic amines) is 1. The number of pyridine rings is 1. The lowest BCUT2D eigenvalue weighted by Crippen LogP contribution is -2.45. The summed E-state index contributed by atoms with van der Waals surface area (Å²) in [6, 6.07) is 14.3. The van der Waals surface area contributed by atoms with Gasteiger partial charge in [-0.2, -0.15) is 0 Å². The second-order valence-electron chi connectivity index (χ2n) is 7.93. The average Bonchev–Trinajstić information content (AvgIpc) is 2.79. The molecule has 170 valence electrons. The Kier molecular flexibility index (Phi) is 11.1. The monoisotopic (exact) mass is 537 g/mol. The quantitative estimate of drug-likeness (QED) is 0.308. The van der Waals surface area contributed by atoms with Gasteiger partial charge < -0.3 is 15.2 Å². The van der Waals surface area contributed by atoms with Crippen molar-refractivity contribution in [1.82, 2.24) is 20.1 Å². The lowest BCUT2D eigenvalue weighted by Gasteiger charge is -2.35. The maximum Gasteiger partial charge on any atom is 0.250 e. The predicted octanol–water partition coefficient (Wildman–Crippen LogP) is 3.44. The first-order valence-corrected chi connectivity index (χ1v) is 11.1. The van der Waals surface area contributed by atoms with Crippen LogP contribution in [0.3, 0.4) is 0 Å². The summed E-state index contributed by atoms with van der Waals surface area (Å²) in [5.74, 6) is 0.833. The van der Waals surface area contributed by atoms with E-state index in [0.29, 0.717) is 13.1 Å². The molecule has 31 heavy (non-hydrogen) atoms. The molecule has 7 heteroatoms. The molecule has 0 bridgehead atoms. The minimum absolute atomic E-state index is 0. The van der Waals surface area contributed by atoms with Gasteiger partial charge in [0.1, 0.15) is 0 Å². The molecule has 1 aromatic carbocycles. The molecule has 3 rings (SSSR count). The van der Waals surface area contributed by atoms with Crippen molar-refractivity contribution in [3.63, 3.8) is 0 Å². The molecule has 1 aliphatic rings. The van der Waals surface area contributed by atoms with Gasteiger partial charge in [-0.15, -0.1) is 24.0 Å². The number of aromatic nitrogens is 1. The zero-order chi connectivity index (χ0) is 21.2. The van der Waals surface area contributed by atoms with Gasteiger partial charge in [-0.05, 0) is 43.0 Å². The molecular weight excluding hydrogens is 501 g/mol. The maximum absolute atomic E-state index is 11.9. The average molecular weight is 537 g/mol. The standard InChI is InChI=1S/C24H35N5O.HI/c1-3-22-8-4-6-15-28(22)17-14-26-24(25-2)27-18-20-10-12-21(13-11-20)19-29-16-7-5-9-23(29)30;/h5,7,9-13,16,22H,3-4,6,8,14-15,17-19H2,1-2H3,(H2,25,26,27);1H. The molecule has 0 aliphatic carbocycles. The predicted molar refractivity (Wildman–Crippen MR) is 139 cm³/mol. The Balaban J connectivity index is 0.00000341. The van der Waals surface area contributed by atoms with E-state index in [0.717, 1.165) is 30.7 Å². The van der Waals surface area contributed by atoms with Crippen molar-refractivity contribution in [3.8, 4) is 0 Å². The van der Waals surface area contributed by atoms with Crippen molar-refractivity contribution in [3.05, 3.63) is 70.1 Å². The van der Waals surface area contributed by atoms with Crippen LogP contribution in [0.2, 0.25) is 0 Å². The molecule has 0 amide bonds. The highest BCUT2D eigenvalue weighted by Gasteiger charge is 2.19. The van der Waals surface area contributed by atoms with Crippen LogP contribution in [0.15, 0.2) is 58.4 Å². The fourth-order valence-electron chi connectivity index (χ4n) is 4.09. The summed E-state index contributed by atoms with van der Waals surface area (Å²) in [4.78, 5) is 18.8. The topological polar surface area (TPSA) is 61.7 Å². The van der Waals surface area contributed by atoms with Crippen LogP contribution >= 0.6 is 24.0 Å². The molecular formula is C24H36IN5O. The number of guanidine groups is 1. The zero-order valence-corrected chi connectivity index (χ0v) is 21.0. The summed E-state index contributed by atoms with van der Waals surface area (Å²) in [6.07, 6.45) is 7.07. The van der Waals surface area contributed by atoms with Crippen LogP contribution in [0.4, 0.5) is 0 Å². The van der Waals surface area contributed by atoms with Crippen LogP contribution in [0.5, 0.6) is 0 Å². The fraction of sp³-hybridized carbons (Fsp3) is 0.500. The lowest BCUT2D eigenvalue weighted by atomic mass is 10.0. The normalized spacial score (nSPS) is 17.1. The van der Waals surface area contributed by atoms with E-state index < -0.39 is 0 Å². The second kappa shape index (κ2) is 13.5. The first-order chi connectivity index (χ1) is 14.7. The first kappa shape index (κ1) is 25.4. The Morgan fingerprint density at radius 2 is 1.87 bits per heavy atom. The zero-order valence-electron chi connectivity index (χ0n) is 18.7. The molecule has 1 fully saturated rings. The number of hydrogen-bond donors (Lipinski definition) is 2. The van der Waals surface area contributed by atoms with Crippen LogP contribution in [0, 0.1) is 0 Å². The Morgan fingerprint density at radius 3 is 2.58 bits per heavy atom. The van der Waals surface area contributed by atoms with Crippen molar-refractivity contribution in [2.45, 2.75) is 51.7 Å². The van der Waals surface area contributed by atoms with E-state index in [2.05, 4.69) is 51.7 Å². The van der Waals surface area contributed by atoms with Crippen molar-refractivity contribution in [2.75, 3.05) is 26.7 Å². The minimum atomic E-state index is 0. The molecule has 1 atom stereocenters. The smallest absolute Gasteiger partial charge is 0.250 e. The molecule has 1 aromatic heterocycles. The highest BCUT2D eigenvalue weighted by atomic mass is 127. The van der Waals surface area contributed by atoms with E-state index in [1.165, 1.54) is 37.8 Å². The SMILES string of the molecule is CCC1CCCCN1CCNC(=NC)NCc1ccc(Cn2ccccc2=O)cc1.I. The van der Waals surface area contributed by atoms with E-state index in [-0.39, 0.29) is 29.5 Å². The van der Waals surface area contributed by atoms with Gasteiger partial charge in [-0.3, -0.25) is 14.7 Å². The van der Waals surface area contributed by atoms with Crippen molar-refractivity contribution < 1.29 is 0 Å². The molecule has 0 radical (unpaired) electrons. The number of piperidine rings is 1. The van der Waals surface area contributed by atoms with E-state index in [9.17, 15) is 4.79 Å². The lowest BCUT2D eigenvalue weighted by molar-refractivity contribution is 0.147. The van der Waals surface area contributed by atoms with Crippen molar-refractivity contribution in [1.29, 1.82) is 0 Å². The summed E-state index contributed by atoms with van der Waals surface area (Å²) >= 11 is 0. The number of halogens is 1. The molecule has 2 N–H and O–H groups in total. The largest absolute Gasteiger partial charge is 0.355 e. The van der Waals surface area contributed by atoms with Gasteiger partial charge >= 0.3 is 0 Å². The van der Waals surface area contributed by atoms with Gasteiger partial charge in [0.2, 0.25) is 0 Å². The van der Waals surface area contributed by atoms with Crippen LogP contribution < -0.4 is 16.2 Å². The van der Waals surface area contributed by atoms with Gasteiger partial charge in [0.15, 0.2) is 5.96 Å². The van der Waals surface area contributed by atoms with E-state index >= 15 is 0 Å². The van der Waals surface area contributed by atoms with Crippen molar-refractivity contribution >= 4 is 29.9 Å². The van der Waals surface area contributed by atoms with E-state index in [4.69, 9.17) is 0 Å². The third kappa shape index (κ3) is 7.96. The van der Waals surface area contributed by atoms with Gasteiger partial charge in [-0.25, -0.2) is 0 Å². The van der Waals surface area contributed by atoms with E-state index in [1.54, 1.807) is 16.7 Å². The van der Waals surface area contributed by atoms with Crippen molar-refractivity contribution in [2.24, 2.45) is 4.99 Å². The van der Waals surface area contributed by atoms with Crippen LogP contribution in [0.1, 0.15) is 43.7 Å². The molecule has 1 aliphatic heterocycles. The van der Waals surface area contributed by atoms with Crippen LogP contribution in [0.25, 0.3) is 0 Å². The van der Waals surface area contributed by atoms with Crippen LogP contribution in [-0.2, 0) is 13.1 Å². The summed E-state index contributed by atoms with van der Waals surface area (Å²) < 4.78 is 1.71. The molecule has 2 aromatic rings. The third-order valence-corrected chi connectivity index (χ3v) is 5.87. The molecule has 6 nitrogen and oxygen atoms in total.